The Hall–Kier alpha value is -2.96. The molecule has 0 saturated heterocycles. The molecule has 2 rings (SSSR count). The molecule has 2 amide bonds. The monoisotopic (exact) mass is 334 g/mol. The third-order valence-electron chi connectivity index (χ3n) is 3.07. The summed E-state index contributed by atoms with van der Waals surface area (Å²) >= 11 is 0. The van der Waals surface area contributed by atoms with Gasteiger partial charge in [0, 0.05) is 24.2 Å². The molecule has 0 unspecified atom stereocenters. The number of halogens is 2. The number of carbonyl (C=O) groups is 2. The molecule has 0 atom stereocenters. The second kappa shape index (κ2) is 8.61. The summed E-state index contributed by atoms with van der Waals surface area (Å²) in [6.45, 7) is -2.39. The minimum Gasteiger partial charge on any atom is -0.435 e. The van der Waals surface area contributed by atoms with E-state index in [1.54, 1.807) is 24.3 Å². The van der Waals surface area contributed by atoms with E-state index in [2.05, 4.69) is 15.4 Å². The molecule has 0 aromatic heterocycles. The van der Waals surface area contributed by atoms with Crippen molar-refractivity contribution in [1.82, 2.24) is 10.6 Å². The number of carbonyl (C=O) groups excluding carboxylic acids is 2. The molecule has 0 aliphatic rings. The fourth-order valence-corrected chi connectivity index (χ4v) is 1.93. The molecule has 7 heteroatoms. The molecule has 2 N–H and O–H groups in total. The van der Waals surface area contributed by atoms with Gasteiger partial charge in [0.25, 0.3) is 11.8 Å². The van der Waals surface area contributed by atoms with E-state index in [0.29, 0.717) is 11.1 Å². The van der Waals surface area contributed by atoms with Gasteiger partial charge in [0.05, 0.1) is 0 Å². The van der Waals surface area contributed by atoms with Crippen LogP contribution in [0.1, 0.15) is 20.7 Å². The summed E-state index contributed by atoms with van der Waals surface area (Å²) in [5.74, 6) is -0.609. The van der Waals surface area contributed by atoms with Gasteiger partial charge < -0.3 is 15.4 Å². The third-order valence-corrected chi connectivity index (χ3v) is 3.07. The molecule has 0 bridgehead atoms. The smallest absolute Gasteiger partial charge is 0.387 e. The van der Waals surface area contributed by atoms with Gasteiger partial charge in [-0.25, -0.2) is 0 Å². The van der Waals surface area contributed by atoms with Crippen molar-refractivity contribution in [3.05, 3.63) is 65.7 Å². The Bertz CT molecular complexity index is 676. The molecule has 0 heterocycles. The summed E-state index contributed by atoms with van der Waals surface area (Å²) in [7, 11) is 0. The van der Waals surface area contributed by atoms with Gasteiger partial charge in [-0.05, 0) is 36.4 Å². The van der Waals surface area contributed by atoms with E-state index in [4.69, 9.17) is 0 Å². The van der Waals surface area contributed by atoms with Crippen LogP contribution < -0.4 is 15.4 Å². The van der Waals surface area contributed by atoms with Crippen molar-refractivity contribution in [3.8, 4) is 5.75 Å². The molecule has 0 aliphatic heterocycles. The predicted octanol–water partition coefficient (Wildman–Crippen LogP) is 2.45. The summed E-state index contributed by atoms with van der Waals surface area (Å²) in [4.78, 5) is 23.7. The average molecular weight is 334 g/mol. The Morgan fingerprint density at radius 3 is 1.83 bits per heavy atom. The number of amides is 2. The Labute approximate surface area is 137 Å². The number of benzene rings is 2. The van der Waals surface area contributed by atoms with Crippen LogP contribution in [0.2, 0.25) is 0 Å². The van der Waals surface area contributed by atoms with Gasteiger partial charge in [0.1, 0.15) is 5.75 Å². The van der Waals surface area contributed by atoms with Crippen LogP contribution in [0.3, 0.4) is 0 Å². The lowest BCUT2D eigenvalue weighted by Crippen LogP contribution is -2.34. The number of nitrogens with one attached hydrogen (secondary N) is 2. The van der Waals surface area contributed by atoms with E-state index in [9.17, 15) is 18.4 Å². The number of alkyl halides is 2. The van der Waals surface area contributed by atoms with Crippen molar-refractivity contribution < 1.29 is 23.1 Å². The molecule has 0 aliphatic carbocycles. The summed E-state index contributed by atoms with van der Waals surface area (Å²) < 4.78 is 28.3. The summed E-state index contributed by atoms with van der Waals surface area (Å²) in [5, 5.41) is 5.30. The first-order chi connectivity index (χ1) is 11.6. The van der Waals surface area contributed by atoms with Crippen LogP contribution in [-0.2, 0) is 0 Å². The van der Waals surface area contributed by atoms with E-state index >= 15 is 0 Å². The topological polar surface area (TPSA) is 67.4 Å². The molecule has 24 heavy (non-hydrogen) atoms. The van der Waals surface area contributed by atoms with Crippen LogP contribution >= 0.6 is 0 Å². The van der Waals surface area contributed by atoms with Crippen molar-refractivity contribution in [3.63, 3.8) is 0 Å². The Morgan fingerprint density at radius 1 is 0.833 bits per heavy atom. The first-order valence-electron chi connectivity index (χ1n) is 7.22. The van der Waals surface area contributed by atoms with Crippen LogP contribution in [-0.4, -0.2) is 31.5 Å². The maximum Gasteiger partial charge on any atom is 0.387 e. The van der Waals surface area contributed by atoms with Crippen LogP contribution in [0.15, 0.2) is 54.6 Å². The molecule has 0 saturated carbocycles. The maximum atomic E-state index is 12.0. The van der Waals surface area contributed by atoms with Gasteiger partial charge in [-0.1, -0.05) is 18.2 Å². The minimum absolute atomic E-state index is 0.0170. The molecule has 0 fully saturated rings. The standard InChI is InChI=1S/C17H16F2N2O3/c18-17(19)24-14-8-6-13(7-9-14)16(23)21-11-10-20-15(22)12-4-2-1-3-5-12/h1-9,17H,10-11H2,(H,20,22)(H,21,23). The minimum atomic E-state index is -2.90. The zero-order chi connectivity index (χ0) is 17.4. The highest BCUT2D eigenvalue weighted by atomic mass is 19.3. The number of rotatable bonds is 7. The van der Waals surface area contributed by atoms with E-state index in [-0.39, 0.29) is 30.7 Å². The summed E-state index contributed by atoms with van der Waals surface area (Å²) in [6.07, 6.45) is 0. The van der Waals surface area contributed by atoms with Crippen molar-refractivity contribution in [2.45, 2.75) is 6.61 Å². The zero-order valence-electron chi connectivity index (χ0n) is 12.7. The second-order valence-corrected chi connectivity index (χ2v) is 4.78. The van der Waals surface area contributed by atoms with Gasteiger partial charge in [0.15, 0.2) is 0 Å². The van der Waals surface area contributed by atoms with Crippen LogP contribution in [0.4, 0.5) is 8.78 Å². The lowest BCUT2D eigenvalue weighted by molar-refractivity contribution is -0.0498. The number of hydrogen-bond acceptors (Lipinski definition) is 3. The molecule has 5 nitrogen and oxygen atoms in total. The molecule has 2 aromatic rings. The molecular weight excluding hydrogens is 318 g/mol. The maximum absolute atomic E-state index is 12.0. The average Bonchev–Trinajstić information content (AvgIpc) is 2.59. The molecule has 126 valence electrons. The van der Waals surface area contributed by atoms with Crippen molar-refractivity contribution in [2.75, 3.05) is 13.1 Å². The van der Waals surface area contributed by atoms with Crippen molar-refractivity contribution >= 4 is 11.8 Å². The fourth-order valence-electron chi connectivity index (χ4n) is 1.93. The number of hydrogen-bond donors (Lipinski definition) is 2. The third kappa shape index (κ3) is 5.35. The van der Waals surface area contributed by atoms with Crippen molar-refractivity contribution in [1.29, 1.82) is 0 Å². The molecular formula is C17H16F2N2O3. The largest absolute Gasteiger partial charge is 0.435 e. The fraction of sp³-hybridized carbons (Fsp3) is 0.176. The highest BCUT2D eigenvalue weighted by Gasteiger charge is 2.08. The SMILES string of the molecule is O=C(NCCNC(=O)c1ccc(OC(F)F)cc1)c1ccccc1. The number of ether oxygens (including phenoxy) is 1. The summed E-state index contributed by atoms with van der Waals surface area (Å²) in [5.41, 5.74) is 0.851. The van der Waals surface area contributed by atoms with E-state index in [1.807, 2.05) is 6.07 Å². The van der Waals surface area contributed by atoms with Gasteiger partial charge in [0.2, 0.25) is 0 Å². The zero-order valence-corrected chi connectivity index (χ0v) is 12.7. The Kier molecular flexibility index (Phi) is 6.24. The second-order valence-electron chi connectivity index (χ2n) is 4.78. The Balaban J connectivity index is 1.74. The normalized spacial score (nSPS) is 10.3. The molecule has 0 radical (unpaired) electrons. The van der Waals surface area contributed by atoms with Crippen LogP contribution in [0.5, 0.6) is 5.75 Å². The van der Waals surface area contributed by atoms with E-state index < -0.39 is 6.61 Å². The molecule has 2 aromatic carbocycles. The van der Waals surface area contributed by atoms with Gasteiger partial charge in [-0.15, -0.1) is 0 Å². The van der Waals surface area contributed by atoms with E-state index in [0.717, 1.165) is 0 Å². The van der Waals surface area contributed by atoms with Gasteiger partial charge in [-0.3, -0.25) is 9.59 Å². The first-order valence-corrected chi connectivity index (χ1v) is 7.22. The Morgan fingerprint density at radius 2 is 1.33 bits per heavy atom. The predicted molar refractivity (Wildman–Crippen MR) is 84.2 cm³/mol. The lowest BCUT2D eigenvalue weighted by Gasteiger charge is -2.08. The molecule has 0 spiro atoms. The van der Waals surface area contributed by atoms with Crippen LogP contribution in [0.25, 0.3) is 0 Å². The highest BCUT2D eigenvalue weighted by Crippen LogP contribution is 2.14. The van der Waals surface area contributed by atoms with Crippen LogP contribution in [0, 0.1) is 0 Å². The lowest BCUT2D eigenvalue weighted by atomic mass is 10.2. The highest BCUT2D eigenvalue weighted by molar-refractivity contribution is 5.95. The van der Waals surface area contributed by atoms with E-state index in [1.165, 1.54) is 24.3 Å². The van der Waals surface area contributed by atoms with Gasteiger partial charge >= 0.3 is 6.61 Å². The summed E-state index contributed by atoms with van der Waals surface area (Å²) in [6, 6.07) is 14.1. The first kappa shape index (κ1) is 17.4. The quantitative estimate of drug-likeness (QED) is 0.764. The van der Waals surface area contributed by atoms with Gasteiger partial charge in [-0.2, -0.15) is 8.78 Å². The van der Waals surface area contributed by atoms with Crippen molar-refractivity contribution in [2.24, 2.45) is 0 Å².